The molecule has 0 heterocycles. The van der Waals surface area contributed by atoms with E-state index in [0.29, 0.717) is 11.8 Å². The van der Waals surface area contributed by atoms with Gasteiger partial charge in [0.2, 0.25) is 0 Å². The summed E-state index contributed by atoms with van der Waals surface area (Å²) >= 11 is 0. The molecule has 14 heavy (non-hydrogen) atoms. The molecule has 0 aromatic heterocycles. The van der Waals surface area contributed by atoms with E-state index in [2.05, 4.69) is 55.0 Å². The van der Waals surface area contributed by atoms with Crippen LogP contribution in [-0.2, 0) is 26.2 Å². The van der Waals surface area contributed by atoms with Crippen LogP contribution in [0, 0.1) is 18.3 Å². The first-order chi connectivity index (χ1) is 6.45. The van der Waals surface area contributed by atoms with Crippen molar-refractivity contribution >= 4 is 0 Å². The third-order valence-corrected chi connectivity index (χ3v) is 2.00. The molecule has 0 unspecified atom stereocenters. The van der Waals surface area contributed by atoms with Gasteiger partial charge in [0.05, 0.1) is 0 Å². The van der Waals surface area contributed by atoms with Gasteiger partial charge in [-0.15, -0.1) is 36.1 Å². The summed E-state index contributed by atoms with van der Waals surface area (Å²) in [7, 11) is 1.00. The smallest absolute Gasteiger partial charge is 0.0319 e. The Hall–Kier alpha value is -0.197. The Morgan fingerprint density at radius 2 is 1.07 bits per heavy atom. The van der Waals surface area contributed by atoms with Crippen LogP contribution in [0.15, 0.2) is 48.6 Å². The first-order valence-corrected chi connectivity index (χ1v) is 4.45. The first kappa shape index (κ1) is 13.8. The van der Waals surface area contributed by atoms with E-state index in [1.807, 2.05) is 0 Å². The van der Waals surface area contributed by atoms with E-state index in [1.165, 1.54) is 0 Å². The third-order valence-electron chi connectivity index (χ3n) is 2.00. The zero-order valence-electron chi connectivity index (χ0n) is 8.30. The van der Waals surface area contributed by atoms with Crippen LogP contribution in [0.1, 0.15) is 0 Å². The largest absolute Gasteiger partial charge is 0.400 e. The molecular weight excluding hydrogens is 251 g/mol. The van der Waals surface area contributed by atoms with Gasteiger partial charge in [-0.25, -0.2) is 0 Å². The van der Waals surface area contributed by atoms with Crippen molar-refractivity contribution in [2.45, 2.75) is 0 Å². The van der Waals surface area contributed by atoms with Crippen LogP contribution in [0.4, 0.5) is 0 Å². The second-order valence-electron chi connectivity index (χ2n) is 2.89. The summed E-state index contributed by atoms with van der Waals surface area (Å²) in [5.41, 5.74) is 0. The minimum atomic E-state index is 0. The van der Waals surface area contributed by atoms with Crippen LogP contribution in [0.2, 0.25) is 0 Å². The first-order valence-electron chi connectivity index (χ1n) is 4.45. The summed E-state index contributed by atoms with van der Waals surface area (Å²) in [6, 6.07) is 0. The summed E-state index contributed by atoms with van der Waals surface area (Å²) in [6.07, 6.45) is 19.6. The van der Waals surface area contributed by atoms with E-state index >= 15 is 0 Å². The number of aliphatic hydroxyl groups excluding tert-OH is 1. The minimum absolute atomic E-state index is 0. The molecule has 0 bridgehead atoms. The van der Waals surface area contributed by atoms with E-state index in [9.17, 15) is 0 Å². The number of allylic oxidation sites excluding steroid dienone is 8. The third kappa shape index (κ3) is 4.35. The van der Waals surface area contributed by atoms with Gasteiger partial charge in [-0.3, -0.25) is 0 Å². The molecule has 2 aliphatic rings. The van der Waals surface area contributed by atoms with Gasteiger partial charge in [0.1, 0.15) is 0 Å². The van der Waals surface area contributed by atoms with Crippen LogP contribution in [0.25, 0.3) is 0 Å². The molecule has 2 rings (SSSR count). The maximum atomic E-state index is 7.00. The second kappa shape index (κ2) is 8.14. The van der Waals surface area contributed by atoms with Crippen molar-refractivity contribution in [1.82, 2.24) is 0 Å². The van der Waals surface area contributed by atoms with Gasteiger partial charge in [-0.1, -0.05) is 24.3 Å². The Balaban J connectivity index is 0.000000531. The fourth-order valence-corrected chi connectivity index (χ4v) is 1.41. The molecule has 0 aliphatic heterocycles. The zero-order chi connectivity index (χ0) is 9.52. The fourth-order valence-electron chi connectivity index (χ4n) is 1.41. The van der Waals surface area contributed by atoms with Crippen molar-refractivity contribution in [1.29, 1.82) is 0 Å². The van der Waals surface area contributed by atoms with Crippen molar-refractivity contribution in [3.8, 4) is 0 Å². The van der Waals surface area contributed by atoms with Gasteiger partial charge >= 0.3 is 0 Å². The Bertz CT molecular complexity index is 201. The quantitative estimate of drug-likeness (QED) is 0.760. The zero-order valence-corrected chi connectivity index (χ0v) is 10.8. The molecule has 1 N–H and O–H groups in total. The second-order valence-corrected chi connectivity index (χ2v) is 2.89. The monoisotopic (exact) mass is 265 g/mol. The average molecular weight is 266 g/mol. The topological polar surface area (TPSA) is 20.2 Å². The van der Waals surface area contributed by atoms with E-state index in [4.69, 9.17) is 5.11 Å². The van der Waals surface area contributed by atoms with Crippen LogP contribution in [0.3, 0.4) is 0 Å². The molecular formula is C12H15OZr-. The fraction of sp³-hybridized carbons (Fsp3) is 0.250. The molecule has 0 fully saturated rings. The molecule has 74 valence electrons. The van der Waals surface area contributed by atoms with E-state index in [-0.39, 0.29) is 26.2 Å². The van der Waals surface area contributed by atoms with Crippen LogP contribution >= 0.6 is 0 Å². The van der Waals surface area contributed by atoms with Gasteiger partial charge in [0.25, 0.3) is 0 Å². The molecule has 0 spiro atoms. The molecule has 2 aliphatic carbocycles. The predicted molar refractivity (Wildman–Crippen MR) is 56.0 cm³/mol. The Kier molecular flexibility index (Phi) is 8.03. The summed E-state index contributed by atoms with van der Waals surface area (Å²) in [4.78, 5) is 0. The van der Waals surface area contributed by atoms with E-state index in [0.717, 1.165) is 7.11 Å². The molecule has 0 saturated heterocycles. The maximum absolute atomic E-state index is 7.00. The summed E-state index contributed by atoms with van der Waals surface area (Å²) in [5.74, 6) is 1.10. The standard InChI is InChI=1S/C11H11.CH4O.Zr/c1-2-6-10(5-1)9-11-7-3-4-8-11;1-2;/h1-11H;2H,1H3;/q-1;;. The van der Waals surface area contributed by atoms with Gasteiger partial charge in [0.15, 0.2) is 0 Å². The van der Waals surface area contributed by atoms with Gasteiger partial charge in [0, 0.05) is 33.3 Å². The molecule has 0 radical (unpaired) electrons. The van der Waals surface area contributed by atoms with Crippen LogP contribution in [0.5, 0.6) is 0 Å². The minimum Gasteiger partial charge on any atom is -0.400 e. The average Bonchev–Trinajstić information content (AvgIpc) is 2.81. The molecule has 0 saturated carbocycles. The molecule has 0 amide bonds. The SMILES string of the molecule is C1=CC([CH-]C2C=CC=C2)C=C1.CO.[Zr]. The Morgan fingerprint density at radius 3 is 1.36 bits per heavy atom. The normalized spacial score (nSPS) is 18.1. The van der Waals surface area contributed by atoms with Crippen molar-refractivity contribution in [2.75, 3.05) is 7.11 Å². The van der Waals surface area contributed by atoms with Crippen LogP contribution < -0.4 is 0 Å². The summed E-state index contributed by atoms with van der Waals surface area (Å²) in [6.45, 7) is 0. The Morgan fingerprint density at radius 1 is 0.786 bits per heavy atom. The summed E-state index contributed by atoms with van der Waals surface area (Å²) in [5, 5.41) is 7.00. The van der Waals surface area contributed by atoms with Gasteiger partial charge in [-0.2, -0.15) is 0 Å². The molecule has 0 atom stereocenters. The number of rotatable bonds is 2. The molecule has 2 heteroatoms. The van der Waals surface area contributed by atoms with Gasteiger partial charge < -0.3 is 11.5 Å². The summed E-state index contributed by atoms with van der Waals surface area (Å²) < 4.78 is 0. The molecule has 0 aromatic rings. The van der Waals surface area contributed by atoms with Crippen molar-refractivity contribution < 1.29 is 31.3 Å². The number of aliphatic hydroxyl groups is 1. The molecule has 0 aromatic carbocycles. The van der Waals surface area contributed by atoms with Crippen molar-refractivity contribution in [2.24, 2.45) is 11.8 Å². The van der Waals surface area contributed by atoms with Crippen molar-refractivity contribution in [3.63, 3.8) is 0 Å². The maximum Gasteiger partial charge on any atom is 0.0319 e. The number of hydrogen-bond acceptors (Lipinski definition) is 1. The predicted octanol–water partition coefficient (Wildman–Crippen LogP) is 2.28. The van der Waals surface area contributed by atoms with E-state index in [1.54, 1.807) is 0 Å². The number of hydrogen-bond donors (Lipinski definition) is 1. The van der Waals surface area contributed by atoms with Crippen molar-refractivity contribution in [3.05, 3.63) is 55.0 Å². The Labute approximate surface area is 105 Å². The van der Waals surface area contributed by atoms with E-state index < -0.39 is 0 Å². The van der Waals surface area contributed by atoms with Gasteiger partial charge in [-0.05, 0) is 0 Å². The van der Waals surface area contributed by atoms with Crippen LogP contribution in [-0.4, -0.2) is 12.2 Å². The molecule has 1 nitrogen and oxygen atoms in total.